The summed E-state index contributed by atoms with van der Waals surface area (Å²) in [5.74, 6) is 0. The van der Waals surface area contributed by atoms with Gasteiger partial charge in [-0.15, -0.1) is 0 Å². The van der Waals surface area contributed by atoms with Crippen molar-refractivity contribution in [2.45, 2.75) is 0 Å². The standard InChI is InChI=1S/2In.11O.2Sn.2Zr/q2*+3;11*-2;4*+4. The Morgan fingerprint density at radius 3 is 0.235 bits per heavy atom. The van der Waals surface area contributed by atoms with Crippen LogP contribution in [0.15, 0.2) is 0 Å². The van der Waals surface area contributed by atoms with Crippen LogP contribution in [0.4, 0.5) is 0 Å². The van der Waals surface area contributed by atoms with E-state index in [0.717, 1.165) is 0 Å². The molecule has 0 atom stereocenters. The number of hydrogen-bond acceptors (Lipinski definition) is 0. The molecule has 0 bridgehead atoms. The molecule has 0 saturated heterocycles. The van der Waals surface area contributed by atoms with Gasteiger partial charge in [-0.1, -0.05) is 0 Å². The topological polar surface area (TPSA) is 314 Å². The number of rotatable bonds is 0. The van der Waals surface area contributed by atoms with Gasteiger partial charge in [-0.25, -0.2) is 0 Å². The molecule has 0 heterocycles. The Bertz CT molecular complexity index is 25.4. The van der Waals surface area contributed by atoms with Crippen LogP contribution in [-0.2, 0) is 113 Å². The van der Waals surface area contributed by atoms with Gasteiger partial charge in [-0.2, -0.15) is 0 Å². The molecular weight excluding hydrogens is 825 g/mol. The molecule has 0 aromatic rings. The SMILES string of the molecule is [In+3].[In+3].[O-2].[O-2].[O-2].[O-2].[O-2].[O-2].[O-2].[O-2].[O-2].[O-2].[O-2].[Sn+4].[Sn+4].[Zr+4].[Zr+4]. The van der Waals surface area contributed by atoms with E-state index in [0.29, 0.717) is 0 Å². The fraction of sp³-hybridized carbons (Fsp3) is 0. The van der Waals surface area contributed by atoms with Gasteiger partial charge in [-0.05, 0) is 0 Å². The van der Waals surface area contributed by atoms with Crippen LogP contribution >= 0.6 is 0 Å². The second-order valence-corrected chi connectivity index (χ2v) is 0. The third-order valence-corrected chi connectivity index (χ3v) is 0. The summed E-state index contributed by atoms with van der Waals surface area (Å²) in [5.41, 5.74) is 0. The molecule has 17 heavy (non-hydrogen) atoms. The van der Waals surface area contributed by atoms with Crippen LogP contribution in [0.25, 0.3) is 0 Å². The zero-order chi connectivity index (χ0) is 0. The van der Waals surface area contributed by atoms with Crippen LogP contribution in [0.1, 0.15) is 0 Å². The van der Waals surface area contributed by atoms with Gasteiger partial charge >= 0.3 is 152 Å². The van der Waals surface area contributed by atoms with Gasteiger partial charge in [0.25, 0.3) is 0 Å². The molecule has 11 nitrogen and oxygen atoms in total. The first-order valence-electron chi connectivity index (χ1n) is 0. The molecule has 0 fully saturated rings. The molecule has 0 aromatic carbocycles. The van der Waals surface area contributed by atoms with Gasteiger partial charge in [0.05, 0.1) is 0 Å². The van der Waals surface area contributed by atoms with Crippen molar-refractivity contribution in [1.29, 1.82) is 0 Å². The minimum absolute atomic E-state index is 0. The second kappa shape index (κ2) is 367. The van der Waals surface area contributed by atoms with Crippen LogP contribution in [-0.4, -0.2) is 99.5 Å². The van der Waals surface area contributed by atoms with Crippen LogP contribution in [0.3, 0.4) is 0 Å². The minimum Gasteiger partial charge on any atom is -2.00 e. The Kier molecular flexibility index (Phi) is 9190. The molecule has 0 saturated carbocycles. The summed E-state index contributed by atoms with van der Waals surface area (Å²) in [4.78, 5) is 0. The first-order valence-corrected chi connectivity index (χ1v) is 0. The Hall–Kier alpha value is 4.66. The van der Waals surface area contributed by atoms with Gasteiger partial charge in [0.1, 0.15) is 0 Å². The smallest absolute Gasteiger partial charge is 2.00 e. The van der Waals surface area contributed by atoms with Crippen molar-refractivity contribution < 1.29 is 113 Å². The quantitative estimate of drug-likeness (QED) is 0.223. The van der Waals surface area contributed by atoms with E-state index in [1.165, 1.54) is 0 Å². The van der Waals surface area contributed by atoms with Crippen molar-refractivity contribution in [1.82, 2.24) is 0 Å². The second-order valence-electron chi connectivity index (χ2n) is 0. The maximum Gasteiger partial charge on any atom is 4.00 e. The molecule has 17 heteroatoms. The zero-order valence-electron chi connectivity index (χ0n) is 7.65. The van der Waals surface area contributed by atoms with Crippen molar-refractivity contribution in [3.8, 4) is 0 Å². The van der Waals surface area contributed by atoms with Crippen molar-refractivity contribution in [2.24, 2.45) is 0 Å². The first kappa shape index (κ1) is 425. The van der Waals surface area contributed by atoms with E-state index >= 15 is 0 Å². The van der Waals surface area contributed by atoms with Crippen molar-refractivity contribution >= 4 is 99.5 Å². The summed E-state index contributed by atoms with van der Waals surface area (Å²) in [6.07, 6.45) is 0. The normalized spacial score (nSPS) is 0. The summed E-state index contributed by atoms with van der Waals surface area (Å²) < 4.78 is 0. The van der Waals surface area contributed by atoms with Gasteiger partial charge < -0.3 is 60.2 Å². The zero-order valence-corrected chi connectivity index (χ0v) is 24.9. The first-order chi connectivity index (χ1) is 0. The van der Waals surface area contributed by atoms with E-state index in [1.807, 2.05) is 0 Å². The molecule has 0 aliphatic heterocycles. The Labute approximate surface area is 208 Å². The van der Waals surface area contributed by atoms with E-state index in [9.17, 15) is 0 Å². The van der Waals surface area contributed by atoms with Crippen LogP contribution < -0.4 is 0 Å². The summed E-state index contributed by atoms with van der Waals surface area (Å²) in [6, 6.07) is 0. The molecular formula is In2O11Sn2Zr2. The number of hydrogen-bond donors (Lipinski definition) is 0. The largest absolute Gasteiger partial charge is 4.00 e. The summed E-state index contributed by atoms with van der Waals surface area (Å²) in [7, 11) is 0. The fourth-order valence-corrected chi connectivity index (χ4v) is 0. The van der Waals surface area contributed by atoms with E-state index in [2.05, 4.69) is 0 Å². The van der Waals surface area contributed by atoms with Crippen molar-refractivity contribution in [3.05, 3.63) is 0 Å². The summed E-state index contributed by atoms with van der Waals surface area (Å²) >= 11 is 0. The molecule has 0 aliphatic rings. The Morgan fingerprint density at radius 1 is 0.235 bits per heavy atom. The Morgan fingerprint density at radius 2 is 0.235 bits per heavy atom. The van der Waals surface area contributed by atoms with E-state index in [-0.39, 0.29) is 212 Å². The molecule has 88 valence electrons. The van der Waals surface area contributed by atoms with Crippen LogP contribution in [0, 0.1) is 0 Å². The molecule has 0 rings (SSSR count). The average Bonchev–Trinajstić information content (AvgIpc) is 0. The Balaban J connectivity index is 0. The predicted molar refractivity (Wildman–Crippen MR) is 30.6 cm³/mol. The third kappa shape index (κ3) is 331. The molecule has 0 amide bonds. The van der Waals surface area contributed by atoms with Gasteiger partial charge in [0.15, 0.2) is 0 Å². The molecule has 0 spiro atoms. The van der Waals surface area contributed by atoms with Crippen molar-refractivity contribution in [2.75, 3.05) is 0 Å². The fourth-order valence-electron chi connectivity index (χ4n) is 0. The van der Waals surface area contributed by atoms with Gasteiger partial charge in [-0.3, -0.25) is 0 Å². The summed E-state index contributed by atoms with van der Waals surface area (Å²) in [5, 5.41) is 0. The minimum atomic E-state index is 0. The molecule has 0 aliphatic carbocycles. The van der Waals surface area contributed by atoms with E-state index < -0.39 is 0 Å². The van der Waals surface area contributed by atoms with Crippen molar-refractivity contribution in [3.63, 3.8) is 0 Å². The van der Waals surface area contributed by atoms with Gasteiger partial charge in [0.2, 0.25) is 0 Å². The van der Waals surface area contributed by atoms with Gasteiger partial charge in [0, 0.05) is 0 Å². The van der Waals surface area contributed by atoms with E-state index in [1.54, 1.807) is 0 Å². The van der Waals surface area contributed by atoms with Crippen LogP contribution in [0.5, 0.6) is 0 Å². The molecule has 0 N–H and O–H groups in total. The third-order valence-electron chi connectivity index (χ3n) is 0. The monoisotopic (exact) mass is 825 g/mol. The molecule has 0 aromatic heterocycles. The van der Waals surface area contributed by atoms with E-state index in [4.69, 9.17) is 0 Å². The predicted octanol–water partition coefficient (Wildman–Crippen LogP) is -2.83. The van der Waals surface area contributed by atoms with Crippen LogP contribution in [0.2, 0.25) is 0 Å². The molecule has 0 unspecified atom stereocenters. The maximum absolute atomic E-state index is 0. The summed E-state index contributed by atoms with van der Waals surface area (Å²) in [6.45, 7) is 0. The maximum atomic E-state index is 0. The average molecular weight is 825 g/mol. The molecule has 0 radical (unpaired) electrons.